The summed E-state index contributed by atoms with van der Waals surface area (Å²) in [5.74, 6) is 2.95. The number of hydrogen-bond donors (Lipinski definition) is 0. The van der Waals surface area contributed by atoms with Crippen molar-refractivity contribution in [3.05, 3.63) is 41.6 Å². The minimum Gasteiger partial charge on any atom is -0.356 e. The maximum absolute atomic E-state index is 13.4. The predicted octanol–water partition coefficient (Wildman–Crippen LogP) is 4.38. The van der Waals surface area contributed by atoms with Crippen LogP contribution in [0, 0.1) is 18.7 Å². The molecule has 1 saturated carbocycles. The van der Waals surface area contributed by atoms with Crippen LogP contribution >= 0.6 is 0 Å². The molecule has 2 fully saturated rings. The highest BCUT2D eigenvalue weighted by Gasteiger charge is 2.31. The van der Waals surface area contributed by atoms with Gasteiger partial charge in [-0.05, 0) is 62.8 Å². The molecule has 0 radical (unpaired) electrons. The van der Waals surface area contributed by atoms with Gasteiger partial charge in [-0.1, -0.05) is 6.92 Å². The fourth-order valence-corrected chi connectivity index (χ4v) is 3.91. The van der Waals surface area contributed by atoms with Gasteiger partial charge in [0.1, 0.15) is 17.5 Å². The summed E-state index contributed by atoms with van der Waals surface area (Å²) in [4.78, 5) is 12.3. The van der Waals surface area contributed by atoms with Gasteiger partial charge in [-0.3, -0.25) is 0 Å². The molecule has 3 heterocycles. The molecule has 27 heavy (non-hydrogen) atoms. The van der Waals surface area contributed by atoms with Crippen molar-refractivity contribution in [2.45, 2.75) is 45.4 Å². The van der Waals surface area contributed by atoms with Crippen LogP contribution in [0.1, 0.15) is 50.0 Å². The zero-order valence-electron chi connectivity index (χ0n) is 15.8. The Kier molecular flexibility index (Phi) is 3.88. The summed E-state index contributed by atoms with van der Waals surface area (Å²) in [6, 6.07) is 6.44. The molecule has 5 rings (SSSR count). The summed E-state index contributed by atoms with van der Waals surface area (Å²) in [5.41, 5.74) is 2.59. The number of piperidine rings is 1. The Morgan fingerprint density at radius 3 is 2.37 bits per heavy atom. The Morgan fingerprint density at radius 2 is 1.70 bits per heavy atom. The van der Waals surface area contributed by atoms with Gasteiger partial charge >= 0.3 is 0 Å². The van der Waals surface area contributed by atoms with E-state index in [9.17, 15) is 4.39 Å². The smallest absolute Gasteiger partial charge is 0.169 e. The Bertz CT molecular complexity index is 982. The second-order valence-corrected chi connectivity index (χ2v) is 8.02. The van der Waals surface area contributed by atoms with Gasteiger partial charge in [-0.25, -0.2) is 19.0 Å². The molecule has 0 N–H and O–H groups in total. The predicted molar refractivity (Wildman–Crippen MR) is 104 cm³/mol. The number of fused-ring (bicyclic) bond motifs is 1. The molecule has 1 aromatic carbocycles. The van der Waals surface area contributed by atoms with Gasteiger partial charge in [0, 0.05) is 19.0 Å². The van der Waals surface area contributed by atoms with Crippen LogP contribution in [0.4, 0.5) is 10.2 Å². The summed E-state index contributed by atoms with van der Waals surface area (Å²) in [6.45, 7) is 6.38. The molecule has 1 aliphatic heterocycles. The number of aryl methyl sites for hydroxylation is 1. The van der Waals surface area contributed by atoms with Crippen molar-refractivity contribution in [2.75, 3.05) is 18.0 Å². The third-order valence-corrected chi connectivity index (χ3v) is 5.80. The van der Waals surface area contributed by atoms with Crippen LogP contribution in [0.5, 0.6) is 0 Å². The van der Waals surface area contributed by atoms with Gasteiger partial charge in [0.2, 0.25) is 0 Å². The molecule has 0 spiro atoms. The zero-order chi connectivity index (χ0) is 18.5. The lowest BCUT2D eigenvalue weighted by Gasteiger charge is -2.31. The second-order valence-electron chi connectivity index (χ2n) is 8.02. The summed E-state index contributed by atoms with van der Waals surface area (Å²) < 4.78 is 15.2. The van der Waals surface area contributed by atoms with Crippen LogP contribution in [0.2, 0.25) is 0 Å². The number of aromatic nitrogens is 4. The number of rotatable bonds is 3. The van der Waals surface area contributed by atoms with Gasteiger partial charge in [0.05, 0.1) is 16.8 Å². The molecule has 0 amide bonds. The van der Waals surface area contributed by atoms with Gasteiger partial charge < -0.3 is 4.90 Å². The van der Waals surface area contributed by atoms with E-state index < -0.39 is 0 Å². The number of nitrogens with zero attached hydrogens (tertiary/aromatic N) is 5. The molecule has 1 saturated heterocycles. The minimum atomic E-state index is -0.247. The second kappa shape index (κ2) is 6.29. The van der Waals surface area contributed by atoms with Crippen molar-refractivity contribution < 1.29 is 4.39 Å². The van der Waals surface area contributed by atoms with E-state index in [1.807, 2.05) is 11.6 Å². The van der Waals surface area contributed by atoms with Gasteiger partial charge in [0.25, 0.3) is 0 Å². The highest BCUT2D eigenvalue weighted by Crippen LogP contribution is 2.41. The summed E-state index contributed by atoms with van der Waals surface area (Å²) in [5, 5.41) is 5.77. The lowest BCUT2D eigenvalue weighted by molar-refractivity contribution is 0.437. The van der Waals surface area contributed by atoms with E-state index in [0.717, 1.165) is 65.9 Å². The zero-order valence-corrected chi connectivity index (χ0v) is 15.8. The van der Waals surface area contributed by atoms with Crippen molar-refractivity contribution in [3.63, 3.8) is 0 Å². The first-order chi connectivity index (χ1) is 13.1. The third kappa shape index (κ3) is 2.97. The Labute approximate surface area is 158 Å². The van der Waals surface area contributed by atoms with Gasteiger partial charge in [0.15, 0.2) is 5.65 Å². The highest BCUT2D eigenvalue weighted by atomic mass is 19.1. The molecule has 0 unspecified atom stereocenters. The molecule has 5 nitrogen and oxygen atoms in total. The number of hydrogen-bond acceptors (Lipinski definition) is 4. The largest absolute Gasteiger partial charge is 0.356 e. The van der Waals surface area contributed by atoms with E-state index in [2.05, 4.69) is 11.8 Å². The SMILES string of the molecule is Cc1nn(-c2ccc(F)cc2)c2nc(C3CC3)nc(N3CCC(C)CC3)c12. The fraction of sp³-hybridized carbons (Fsp3) is 0.476. The summed E-state index contributed by atoms with van der Waals surface area (Å²) >= 11 is 0. The maximum atomic E-state index is 13.4. The maximum Gasteiger partial charge on any atom is 0.169 e. The Hall–Kier alpha value is -2.50. The molecule has 0 atom stereocenters. The topological polar surface area (TPSA) is 46.8 Å². The molecule has 6 heteroatoms. The summed E-state index contributed by atoms with van der Waals surface area (Å²) in [7, 11) is 0. The summed E-state index contributed by atoms with van der Waals surface area (Å²) in [6.07, 6.45) is 4.70. The molecule has 0 bridgehead atoms. The third-order valence-electron chi connectivity index (χ3n) is 5.80. The number of anilines is 1. The fourth-order valence-electron chi connectivity index (χ4n) is 3.91. The normalized spacial score (nSPS) is 18.4. The number of benzene rings is 1. The van der Waals surface area contributed by atoms with Crippen molar-refractivity contribution in [1.82, 2.24) is 19.7 Å². The lowest BCUT2D eigenvalue weighted by atomic mass is 9.99. The Balaban J connectivity index is 1.69. The van der Waals surface area contributed by atoms with Gasteiger partial charge in [-0.15, -0.1) is 0 Å². The molecule has 3 aromatic rings. The van der Waals surface area contributed by atoms with Crippen LogP contribution < -0.4 is 4.90 Å². The molecule has 2 aromatic heterocycles. The molecular weight excluding hydrogens is 341 g/mol. The average molecular weight is 365 g/mol. The van der Waals surface area contributed by atoms with Crippen molar-refractivity contribution in [3.8, 4) is 5.69 Å². The first-order valence-corrected chi connectivity index (χ1v) is 9.88. The van der Waals surface area contributed by atoms with Gasteiger partial charge in [-0.2, -0.15) is 5.10 Å². The van der Waals surface area contributed by atoms with Crippen molar-refractivity contribution in [2.24, 2.45) is 5.92 Å². The first kappa shape index (κ1) is 16.7. The molecule has 2 aliphatic rings. The van der Waals surface area contributed by atoms with Crippen LogP contribution in [-0.4, -0.2) is 32.8 Å². The van der Waals surface area contributed by atoms with Crippen LogP contribution in [0.15, 0.2) is 24.3 Å². The van der Waals surface area contributed by atoms with Crippen molar-refractivity contribution >= 4 is 16.9 Å². The quantitative estimate of drug-likeness (QED) is 0.691. The standard InChI is InChI=1S/C21H24FN5/c1-13-9-11-26(12-10-13)20-18-14(2)25-27(17-7-5-16(22)6-8-17)21(18)24-19(23-20)15-3-4-15/h5-8,13,15H,3-4,9-12H2,1-2H3. The number of halogens is 1. The average Bonchev–Trinajstić information content (AvgIpc) is 3.47. The molecule has 140 valence electrons. The monoisotopic (exact) mass is 365 g/mol. The van der Waals surface area contributed by atoms with E-state index in [0.29, 0.717) is 5.92 Å². The van der Waals surface area contributed by atoms with Crippen LogP contribution in [-0.2, 0) is 0 Å². The van der Waals surface area contributed by atoms with E-state index >= 15 is 0 Å². The van der Waals surface area contributed by atoms with E-state index in [4.69, 9.17) is 15.1 Å². The molecular formula is C21H24FN5. The highest BCUT2D eigenvalue weighted by molar-refractivity contribution is 5.91. The van der Waals surface area contributed by atoms with Crippen molar-refractivity contribution in [1.29, 1.82) is 0 Å². The first-order valence-electron chi connectivity index (χ1n) is 9.88. The van der Waals surface area contributed by atoms with Crippen LogP contribution in [0.3, 0.4) is 0 Å². The van der Waals surface area contributed by atoms with E-state index in [1.54, 1.807) is 12.1 Å². The van der Waals surface area contributed by atoms with E-state index in [-0.39, 0.29) is 5.82 Å². The Morgan fingerprint density at radius 1 is 1.00 bits per heavy atom. The minimum absolute atomic E-state index is 0.247. The van der Waals surface area contributed by atoms with Crippen LogP contribution in [0.25, 0.3) is 16.7 Å². The lowest BCUT2D eigenvalue weighted by Crippen LogP contribution is -2.33. The van der Waals surface area contributed by atoms with E-state index in [1.165, 1.54) is 25.0 Å². The molecule has 1 aliphatic carbocycles.